The number of halogens is 3. The van der Waals surface area contributed by atoms with Gasteiger partial charge in [-0.15, -0.1) is 0 Å². The molecule has 0 spiro atoms. The van der Waals surface area contributed by atoms with Crippen LogP contribution in [-0.2, 0) is 11.0 Å². The maximum Gasteiger partial charge on any atom is 0.416 e. The summed E-state index contributed by atoms with van der Waals surface area (Å²) >= 11 is 0. The third kappa shape index (κ3) is 2.26. The Hall–Kier alpha value is -1.76. The highest BCUT2D eigenvalue weighted by molar-refractivity contribution is 5.97. The summed E-state index contributed by atoms with van der Waals surface area (Å²) in [5.74, 6) is -0.391. The van der Waals surface area contributed by atoms with Crippen molar-refractivity contribution in [2.45, 2.75) is 25.2 Å². The molecule has 0 saturated heterocycles. The maximum atomic E-state index is 12.5. The molecular formula is C11H11F3N2O2. The SMILES string of the molecule is CC1Oc2ccc(C(F)(F)F)cc2NC(=O)C1N. The lowest BCUT2D eigenvalue weighted by atomic mass is 10.1. The van der Waals surface area contributed by atoms with E-state index in [1.807, 2.05) is 0 Å². The second-order valence-electron chi connectivity index (χ2n) is 4.05. The molecule has 7 heteroatoms. The summed E-state index contributed by atoms with van der Waals surface area (Å²) in [6.45, 7) is 1.58. The Balaban J connectivity index is 2.43. The fourth-order valence-corrected chi connectivity index (χ4v) is 1.61. The zero-order valence-corrected chi connectivity index (χ0v) is 9.41. The number of fused-ring (bicyclic) bond motifs is 1. The Morgan fingerprint density at radius 1 is 1.39 bits per heavy atom. The zero-order chi connectivity index (χ0) is 13.5. The number of anilines is 1. The van der Waals surface area contributed by atoms with Gasteiger partial charge in [-0.05, 0) is 25.1 Å². The lowest BCUT2D eigenvalue weighted by Gasteiger charge is -2.16. The minimum atomic E-state index is -4.47. The first-order chi connectivity index (χ1) is 8.29. The van der Waals surface area contributed by atoms with Gasteiger partial charge < -0.3 is 15.8 Å². The van der Waals surface area contributed by atoms with Gasteiger partial charge >= 0.3 is 6.18 Å². The largest absolute Gasteiger partial charge is 0.486 e. The number of ether oxygens (including phenoxy) is 1. The van der Waals surface area contributed by atoms with Gasteiger partial charge in [0.1, 0.15) is 17.9 Å². The molecule has 2 atom stereocenters. The first-order valence-electron chi connectivity index (χ1n) is 5.23. The molecule has 1 aliphatic rings. The van der Waals surface area contributed by atoms with Gasteiger partial charge in [0.05, 0.1) is 11.3 Å². The van der Waals surface area contributed by atoms with E-state index in [1.165, 1.54) is 6.07 Å². The van der Waals surface area contributed by atoms with E-state index in [0.717, 1.165) is 12.1 Å². The van der Waals surface area contributed by atoms with Gasteiger partial charge in [-0.25, -0.2) is 0 Å². The van der Waals surface area contributed by atoms with Crippen LogP contribution in [-0.4, -0.2) is 18.1 Å². The van der Waals surface area contributed by atoms with E-state index in [-0.39, 0.29) is 11.4 Å². The standard InChI is InChI=1S/C11H11F3N2O2/c1-5-9(15)10(17)16-7-4-6(11(12,13)14)2-3-8(7)18-5/h2-5,9H,15H2,1H3,(H,16,17). The molecule has 0 saturated carbocycles. The lowest BCUT2D eigenvalue weighted by Crippen LogP contribution is -2.44. The quantitative estimate of drug-likeness (QED) is 0.747. The van der Waals surface area contributed by atoms with E-state index in [2.05, 4.69) is 5.32 Å². The zero-order valence-electron chi connectivity index (χ0n) is 9.41. The van der Waals surface area contributed by atoms with E-state index in [9.17, 15) is 18.0 Å². The van der Waals surface area contributed by atoms with Crippen molar-refractivity contribution >= 4 is 11.6 Å². The topological polar surface area (TPSA) is 64.3 Å². The first kappa shape index (κ1) is 12.7. The van der Waals surface area contributed by atoms with Gasteiger partial charge in [0.2, 0.25) is 5.91 Å². The van der Waals surface area contributed by atoms with Gasteiger partial charge in [0, 0.05) is 0 Å². The molecule has 98 valence electrons. The monoisotopic (exact) mass is 260 g/mol. The van der Waals surface area contributed by atoms with Crippen molar-refractivity contribution in [2.75, 3.05) is 5.32 Å². The molecule has 1 aromatic carbocycles. The van der Waals surface area contributed by atoms with Crippen molar-refractivity contribution < 1.29 is 22.7 Å². The molecule has 18 heavy (non-hydrogen) atoms. The molecule has 1 aliphatic heterocycles. The van der Waals surface area contributed by atoms with E-state index >= 15 is 0 Å². The first-order valence-corrected chi connectivity index (χ1v) is 5.23. The highest BCUT2D eigenvalue weighted by Gasteiger charge is 2.33. The molecule has 2 rings (SSSR count). The number of hydrogen-bond acceptors (Lipinski definition) is 3. The normalized spacial score (nSPS) is 23.7. The number of hydrogen-bond donors (Lipinski definition) is 2. The highest BCUT2D eigenvalue weighted by Crippen LogP contribution is 2.36. The number of carbonyl (C=O) groups excluding carboxylic acids is 1. The van der Waals surface area contributed by atoms with Crippen molar-refractivity contribution in [1.29, 1.82) is 0 Å². The number of rotatable bonds is 0. The maximum absolute atomic E-state index is 12.5. The molecule has 2 unspecified atom stereocenters. The number of nitrogens with two attached hydrogens (primary N) is 1. The summed E-state index contributed by atoms with van der Waals surface area (Å²) < 4.78 is 42.9. The summed E-state index contributed by atoms with van der Waals surface area (Å²) in [6, 6.07) is 1.98. The number of alkyl halides is 3. The Bertz CT molecular complexity index is 488. The molecule has 4 nitrogen and oxygen atoms in total. The minimum absolute atomic E-state index is 0.0189. The average molecular weight is 260 g/mol. The Morgan fingerprint density at radius 3 is 2.67 bits per heavy atom. The van der Waals surface area contributed by atoms with Crippen LogP contribution in [0.5, 0.6) is 5.75 Å². The number of benzene rings is 1. The summed E-state index contributed by atoms with van der Waals surface area (Å²) in [5.41, 5.74) is 4.69. The Kier molecular flexibility index (Phi) is 2.94. The van der Waals surface area contributed by atoms with Crippen molar-refractivity contribution in [1.82, 2.24) is 0 Å². The van der Waals surface area contributed by atoms with Gasteiger partial charge in [-0.2, -0.15) is 13.2 Å². The molecule has 0 bridgehead atoms. The third-order valence-corrected chi connectivity index (χ3v) is 2.69. The van der Waals surface area contributed by atoms with Crippen molar-refractivity contribution in [3.63, 3.8) is 0 Å². The van der Waals surface area contributed by atoms with Crippen LogP contribution >= 0.6 is 0 Å². The third-order valence-electron chi connectivity index (χ3n) is 2.69. The summed E-state index contributed by atoms with van der Waals surface area (Å²) in [6.07, 6.45) is -5.08. The molecule has 0 aromatic heterocycles. The summed E-state index contributed by atoms with van der Waals surface area (Å²) in [4.78, 5) is 11.6. The minimum Gasteiger partial charge on any atom is -0.486 e. The van der Waals surface area contributed by atoms with E-state index in [0.29, 0.717) is 0 Å². The van der Waals surface area contributed by atoms with E-state index < -0.39 is 29.8 Å². The van der Waals surface area contributed by atoms with Gasteiger partial charge in [0.15, 0.2) is 0 Å². The number of carbonyl (C=O) groups is 1. The molecule has 0 aliphatic carbocycles. The van der Waals surface area contributed by atoms with Crippen LogP contribution in [0, 0.1) is 0 Å². The molecule has 0 fully saturated rings. The van der Waals surface area contributed by atoms with Gasteiger partial charge in [0.25, 0.3) is 0 Å². The fraction of sp³-hybridized carbons (Fsp3) is 0.364. The molecule has 3 N–H and O–H groups in total. The lowest BCUT2D eigenvalue weighted by molar-refractivity contribution is -0.137. The Morgan fingerprint density at radius 2 is 2.06 bits per heavy atom. The number of amides is 1. The van der Waals surface area contributed by atoms with Gasteiger partial charge in [-0.3, -0.25) is 4.79 Å². The molecule has 1 heterocycles. The second kappa shape index (κ2) is 4.16. The molecule has 1 aromatic rings. The smallest absolute Gasteiger partial charge is 0.416 e. The van der Waals surface area contributed by atoms with Crippen LogP contribution in [0.3, 0.4) is 0 Å². The number of nitrogens with one attached hydrogen (secondary N) is 1. The van der Waals surface area contributed by atoms with Crippen LogP contribution in [0.15, 0.2) is 18.2 Å². The summed E-state index contributed by atoms with van der Waals surface area (Å²) in [7, 11) is 0. The van der Waals surface area contributed by atoms with E-state index in [1.54, 1.807) is 6.92 Å². The van der Waals surface area contributed by atoms with Crippen molar-refractivity contribution in [3.8, 4) is 5.75 Å². The predicted molar refractivity (Wildman–Crippen MR) is 58.1 cm³/mol. The molecule has 0 radical (unpaired) electrons. The van der Waals surface area contributed by atoms with Crippen molar-refractivity contribution in [2.24, 2.45) is 5.73 Å². The second-order valence-corrected chi connectivity index (χ2v) is 4.05. The summed E-state index contributed by atoms with van der Waals surface area (Å²) in [5, 5.41) is 2.33. The van der Waals surface area contributed by atoms with Crippen LogP contribution in [0.2, 0.25) is 0 Å². The van der Waals surface area contributed by atoms with E-state index in [4.69, 9.17) is 10.5 Å². The molecule has 1 amide bonds. The van der Waals surface area contributed by atoms with Crippen LogP contribution < -0.4 is 15.8 Å². The van der Waals surface area contributed by atoms with Crippen LogP contribution in [0.25, 0.3) is 0 Å². The van der Waals surface area contributed by atoms with Crippen LogP contribution in [0.1, 0.15) is 12.5 Å². The van der Waals surface area contributed by atoms with Crippen molar-refractivity contribution in [3.05, 3.63) is 23.8 Å². The van der Waals surface area contributed by atoms with Gasteiger partial charge in [-0.1, -0.05) is 0 Å². The predicted octanol–water partition coefficient (Wildman–Crippen LogP) is 1.75. The molecular weight excluding hydrogens is 249 g/mol. The average Bonchev–Trinajstić information content (AvgIpc) is 2.37. The van der Waals surface area contributed by atoms with Crippen LogP contribution in [0.4, 0.5) is 18.9 Å². The fourth-order valence-electron chi connectivity index (χ4n) is 1.61. The highest BCUT2D eigenvalue weighted by atomic mass is 19.4. The Labute approximate surface area is 101 Å².